The molecule has 19 heavy (non-hydrogen) atoms. The van der Waals surface area contributed by atoms with Gasteiger partial charge in [0.05, 0.1) is 23.8 Å². The number of nitrogens with zero attached hydrogens (tertiary/aromatic N) is 2. The van der Waals surface area contributed by atoms with E-state index in [1.165, 1.54) is 0 Å². The molecule has 0 radical (unpaired) electrons. The molecule has 6 nitrogen and oxygen atoms in total. The smallest absolute Gasteiger partial charge is 0.305 e. The van der Waals surface area contributed by atoms with E-state index >= 15 is 0 Å². The second kappa shape index (κ2) is 5.27. The quantitative estimate of drug-likeness (QED) is 0.817. The van der Waals surface area contributed by atoms with Crippen LogP contribution in [0.15, 0.2) is 24.3 Å². The first-order valence-corrected chi connectivity index (χ1v) is 6.09. The van der Waals surface area contributed by atoms with Crippen molar-refractivity contribution in [2.24, 2.45) is 5.73 Å². The van der Waals surface area contributed by atoms with Crippen LogP contribution in [-0.4, -0.2) is 43.2 Å². The van der Waals surface area contributed by atoms with Gasteiger partial charge in [-0.1, -0.05) is 12.1 Å². The van der Waals surface area contributed by atoms with E-state index < -0.39 is 12.0 Å². The Morgan fingerprint density at radius 1 is 1.32 bits per heavy atom. The number of amides is 1. The molecule has 0 saturated carbocycles. The second-order valence-corrected chi connectivity index (χ2v) is 4.60. The van der Waals surface area contributed by atoms with Gasteiger partial charge in [-0.05, 0) is 12.1 Å². The van der Waals surface area contributed by atoms with Gasteiger partial charge in [0, 0.05) is 20.1 Å². The lowest BCUT2D eigenvalue weighted by Gasteiger charge is -2.36. The molecule has 1 amide bonds. The van der Waals surface area contributed by atoms with Crippen molar-refractivity contribution in [2.75, 3.05) is 29.9 Å². The Labute approximate surface area is 111 Å². The van der Waals surface area contributed by atoms with Gasteiger partial charge in [-0.3, -0.25) is 9.59 Å². The predicted molar refractivity (Wildman–Crippen MR) is 72.3 cm³/mol. The third-order valence-corrected chi connectivity index (χ3v) is 3.22. The molecule has 0 aromatic heterocycles. The number of carboxylic acids is 1. The van der Waals surface area contributed by atoms with Gasteiger partial charge in [0.25, 0.3) is 0 Å². The fourth-order valence-corrected chi connectivity index (χ4v) is 2.21. The first-order chi connectivity index (χ1) is 9.00. The number of para-hydroxylation sites is 2. The zero-order chi connectivity index (χ0) is 14.0. The molecule has 1 aliphatic rings. The van der Waals surface area contributed by atoms with Crippen LogP contribution in [0.25, 0.3) is 0 Å². The van der Waals surface area contributed by atoms with E-state index in [0.29, 0.717) is 13.1 Å². The maximum absolute atomic E-state index is 12.2. The van der Waals surface area contributed by atoms with Gasteiger partial charge in [0.2, 0.25) is 5.91 Å². The molecule has 1 unspecified atom stereocenters. The summed E-state index contributed by atoms with van der Waals surface area (Å²) in [7, 11) is 1.96. The van der Waals surface area contributed by atoms with E-state index in [9.17, 15) is 9.59 Å². The van der Waals surface area contributed by atoms with Crippen LogP contribution in [0.4, 0.5) is 11.4 Å². The molecule has 102 valence electrons. The van der Waals surface area contributed by atoms with E-state index in [0.717, 1.165) is 11.4 Å². The molecule has 1 aromatic rings. The third-order valence-electron chi connectivity index (χ3n) is 3.22. The van der Waals surface area contributed by atoms with Gasteiger partial charge in [-0.2, -0.15) is 0 Å². The monoisotopic (exact) mass is 263 g/mol. The highest BCUT2D eigenvalue weighted by atomic mass is 16.4. The van der Waals surface area contributed by atoms with Crippen LogP contribution in [0.3, 0.4) is 0 Å². The number of hydrogen-bond donors (Lipinski definition) is 2. The average Bonchev–Trinajstić information content (AvgIpc) is 2.38. The second-order valence-electron chi connectivity index (χ2n) is 4.60. The minimum atomic E-state index is -1.07. The van der Waals surface area contributed by atoms with Gasteiger partial charge < -0.3 is 20.6 Å². The molecule has 0 spiro atoms. The number of aliphatic carboxylic acids is 1. The highest BCUT2D eigenvalue weighted by Gasteiger charge is 2.29. The number of likely N-dealkylation sites (N-methyl/N-ethyl adjacent to an activating group) is 1. The number of fused-ring (bicyclic) bond motifs is 1. The highest BCUT2D eigenvalue weighted by Crippen LogP contribution is 2.32. The summed E-state index contributed by atoms with van der Waals surface area (Å²) >= 11 is 0. The summed E-state index contributed by atoms with van der Waals surface area (Å²) in [5.74, 6) is -1.41. The first-order valence-electron chi connectivity index (χ1n) is 6.09. The Morgan fingerprint density at radius 2 is 1.95 bits per heavy atom. The maximum Gasteiger partial charge on any atom is 0.305 e. The number of carbonyl (C=O) groups excluding carboxylic acids is 1. The van der Waals surface area contributed by atoms with Crippen LogP contribution in [0.2, 0.25) is 0 Å². The minimum Gasteiger partial charge on any atom is -0.481 e. The van der Waals surface area contributed by atoms with E-state index in [2.05, 4.69) is 4.90 Å². The Hall–Kier alpha value is -2.08. The molecule has 1 heterocycles. The van der Waals surface area contributed by atoms with E-state index in [1.54, 1.807) is 4.90 Å². The van der Waals surface area contributed by atoms with Crippen molar-refractivity contribution in [3.8, 4) is 0 Å². The van der Waals surface area contributed by atoms with Crippen molar-refractivity contribution in [2.45, 2.75) is 12.5 Å². The van der Waals surface area contributed by atoms with Gasteiger partial charge in [0.1, 0.15) is 0 Å². The highest BCUT2D eigenvalue weighted by molar-refractivity contribution is 6.02. The Kier molecular flexibility index (Phi) is 3.71. The first kappa shape index (κ1) is 13.4. The predicted octanol–water partition coefficient (Wildman–Crippen LogP) is 0.271. The lowest BCUT2D eigenvalue weighted by Crippen LogP contribution is -2.50. The number of benzene rings is 1. The Bertz CT molecular complexity index is 504. The molecule has 0 bridgehead atoms. The molecule has 1 atom stereocenters. The van der Waals surface area contributed by atoms with Gasteiger partial charge in [-0.15, -0.1) is 0 Å². The average molecular weight is 263 g/mol. The summed E-state index contributed by atoms with van der Waals surface area (Å²) in [6.45, 7) is 1.21. The van der Waals surface area contributed by atoms with Crippen LogP contribution < -0.4 is 15.5 Å². The zero-order valence-electron chi connectivity index (χ0n) is 10.7. The number of carbonyl (C=O) groups is 2. The SMILES string of the molecule is CN1CCN(C(=O)C(N)CC(=O)O)c2ccccc21. The molecular formula is C13H17N3O3. The largest absolute Gasteiger partial charge is 0.481 e. The van der Waals surface area contributed by atoms with Crippen LogP contribution >= 0.6 is 0 Å². The molecular weight excluding hydrogens is 246 g/mol. The Balaban J connectivity index is 2.25. The maximum atomic E-state index is 12.2. The number of anilines is 2. The van der Waals surface area contributed by atoms with E-state index in [-0.39, 0.29) is 12.3 Å². The van der Waals surface area contributed by atoms with Gasteiger partial charge in [-0.25, -0.2) is 0 Å². The summed E-state index contributed by atoms with van der Waals surface area (Å²) in [5, 5.41) is 8.71. The number of rotatable bonds is 3. The molecule has 1 aliphatic heterocycles. The van der Waals surface area contributed by atoms with Crippen molar-refractivity contribution in [1.82, 2.24) is 0 Å². The van der Waals surface area contributed by atoms with Crippen molar-refractivity contribution in [1.29, 1.82) is 0 Å². The number of nitrogens with two attached hydrogens (primary N) is 1. The van der Waals surface area contributed by atoms with Crippen molar-refractivity contribution in [3.05, 3.63) is 24.3 Å². The van der Waals surface area contributed by atoms with Crippen LogP contribution in [0.1, 0.15) is 6.42 Å². The zero-order valence-corrected chi connectivity index (χ0v) is 10.7. The molecule has 6 heteroatoms. The summed E-state index contributed by atoms with van der Waals surface area (Å²) in [6.07, 6.45) is -0.354. The number of hydrogen-bond acceptors (Lipinski definition) is 4. The van der Waals surface area contributed by atoms with Crippen LogP contribution in [0, 0.1) is 0 Å². The lowest BCUT2D eigenvalue weighted by molar-refractivity contribution is -0.139. The molecule has 3 N–H and O–H groups in total. The topological polar surface area (TPSA) is 86.9 Å². The normalized spacial score (nSPS) is 15.9. The molecule has 0 aliphatic carbocycles. The Morgan fingerprint density at radius 3 is 2.58 bits per heavy atom. The van der Waals surface area contributed by atoms with E-state index in [1.807, 2.05) is 31.3 Å². The van der Waals surface area contributed by atoms with Crippen molar-refractivity contribution in [3.63, 3.8) is 0 Å². The van der Waals surface area contributed by atoms with Crippen molar-refractivity contribution < 1.29 is 14.7 Å². The van der Waals surface area contributed by atoms with Gasteiger partial charge >= 0.3 is 5.97 Å². The van der Waals surface area contributed by atoms with Crippen molar-refractivity contribution >= 4 is 23.3 Å². The summed E-state index contributed by atoms with van der Waals surface area (Å²) in [4.78, 5) is 26.5. The van der Waals surface area contributed by atoms with Crippen LogP contribution in [0.5, 0.6) is 0 Å². The summed E-state index contributed by atoms with van der Waals surface area (Å²) in [5.41, 5.74) is 7.38. The fraction of sp³-hybridized carbons (Fsp3) is 0.385. The minimum absolute atomic E-state index is 0.344. The van der Waals surface area contributed by atoms with Gasteiger partial charge in [0.15, 0.2) is 0 Å². The lowest BCUT2D eigenvalue weighted by atomic mass is 10.1. The molecule has 0 fully saturated rings. The fourth-order valence-electron chi connectivity index (χ4n) is 2.21. The number of carboxylic acid groups (broad SMARTS) is 1. The molecule has 1 aromatic carbocycles. The van der Waals surface area contributed by atoms with E-state index in [4.69, 9.17) is 10.8 Å². The summed E-state index contributed by atoms with van der Waals surface area (Å²) in [6, 6.07) is 6.52. The standard InChI is InChI=1S/C13H17N3O3/c1-15-6-7-16(11-5-3-2-4-10(11)15)13(19)9(14)8-12(17)18/h2-5,9H,6-8,14H2,1H3,(H,17,18). The van der Waals surface area contributed by atoms with Crippen LogP contribution in [-0.2, 0) is 9.59 Å². The molecule has 0 saturated heterocycles. The summed E-state index contributed by atoms with van der Waals surface area (Å²) < 4.78 is 0. The third kappa shape index (κ3) is 2.68. The molecule has 2 rings (SSSR count).